The van der Waals surface area contributed by atoms with Gasteiger partial charge in [0, 0.05) is 25.7 Å². The van der Waals surface area contributed by atoms with Crippen LogP contribution in [0.25, 0.3) is 0 Å². The van der Waals surface area contributed by atoms with Crippen molar-refractivity contribution in [2.24, 2.45) is 11.7 Å². The number of aliphatic hydroxyl groups is 1. The van der Waals surface area contributed by atoms with Crippen LogP contribution in [-0.4, -0.2) is 52.0 Å². The fraction of sp³-hybridized carbons (Fsp3) is 0.842. The number of hydroxylamine groups is 2. The highest BCUT2D eigenvalue weighted by Crippen LogP contribution is 2.11. The second-order valence-electron chi connectivity index (χ2n) is 7.28. The minimum absolute atomic E-state index is 0.0285. The van der Waals surface area contributed by atoms with E-state index in [-0.39, 0.29) is 18.7 Å². The summed E-state index contributed by atoms with van der Waals surface area (Å²) in [6, 6.07) is -1.16. The maximum atomic E-state index is 11.7. The highest BCUT2D eigenvalue weighted by Gasteiger charge is 2.19. The van der Waals surface area contributed by atoms with Crippen LogP contribution in [0.2, 0.25) is 0 Å². The topological polar surface area (TPSA) is 121 Å². The number of Topliss-reactive ketones (excluding diaryl/α,β-unsaturated/α-hetero) is 2. The van der Waals surface area contributed by atoms with E-state index in [0.717, 1.165) is 38.5 Å². The van der Waals surface area contributed by atoms with E-state index in [1.807, 2.05) is 0 Å². The Morgan fingerprint density at radius 3 is 1.88 bits per heavy atom. The van der Waals surface area contributed by atoms with Crippen molar-refractivity contribution in [3.63, 3.8) is 0 Å². The standard InChI is InChI=1S/C19H36N2O5/c1-15(2)8-7-11-16(23)9-5-3-4-6-10-17(24)12-13-21(26)19(25)18(20)14-22/h15,18,22,26H,3-14,20H2,1-2H3/t18-/m1/s1. The first-order valence-corrected chi connectivity index (χ1v) is 9.68. The monoisotopic (exact) mass is 372 g/mol. The normalized spacial score (nSPS) is 12.2. The number of rotatable bonds is 16. The van der Waals surface area contributed by atoms with Gasteiger partial charge in [-0.3, -0.25) is 19.6 Å². The highest BCUT2D eigenvalue weighted by molar-refractivity contribution is 5.82. The molecule has 7 nitrogen and oxygen atoms in total. The molecule has 7 heteroatoms. The van der Waals surface area contributed by atoms with Gasteiger partial charge in [0.2, 0.25) is 0 Å². The van der Waals surface area contributed by atoms with Gasteiger partial charge in [-0.2, -0.15) is 0 Å². The predicted octanol–water partition coefficient (Wildman–Crippen LogP) is 2.22. The molecule has 0 saturated heterocycles. The zero-order valence-electron chi connectivity index (χ0n) is 16.3. The largest absolute Gasteiger partial charge is 0.394 e. The summed E-state index contributed by atoms with van der Waals surface area (Å²) in [6.45, 7) is 3.65. The summed E-state index contributed by atoms with van der Waals surface area (Å²) in [7, 11) is 0. The summed E-state index contributed by atoms with van der Waals surface area (Å²) in [5, 5.41) is 18.6. The summed E-state index contributed by atoms with van der Waals surface area (Å²) in [5.41, 5.74) is 5.30. The molecule has 0 aliphatic carbocycles. The van der Waals surface area contributed by atoms with Crippen molar-refractivity contribution in [1.29, 1.82) is 0 Å². The summed E-state index contributed by atoms with van der Waals surface area (Å²) >= 11 is 0. The Morgan fingerprint density at radius 1 is 0.885 bits per heavy atom. The molecule has 0 spiro atoms. The zero-order chi connectivity index (χ0) is 19.9. The van der Waals surface area contributed by atoms with E-state index < -0.39 is 18.6 Å². The molecule has 0 fully saturated rings. The molecule has 0 unspecified atom stereocenters. The average molecular weight is 373 g/mol. The van der Waals surface area contributed by atoms with Crippen molar-refractivity contribution in [3.8, 4) is 0 Å². The first kappa shape index (κ1) is 24.7. The highest BCUT2D eigenvalue weighted by atomic mass is 16.5. The summed E-state index contributed by atoms with van der Waals surface area (Å²) in [6.07, 6.45) is 7.26. The fourth-order valence-corrected chi connectivity index (χ4v) is 2.57. The number of ketones is 2. The minimum atomic E-state index is -1.16. The van der Waals surface area contributed by atoms with Gasteiger partial charge in [0.15, 0.2) is 0 Å². The Labute approximate surface area is 156 Å². The molecule has 4 N–H and O–H groups in total. The van der Waals surface area contributed by atoms with Crippen molar-refractivity contribution in [2.45, 2.75) is 84.1 Å². The quantitative estimate of drug-likeness (QED) is 0.217. The molecular weight excluding hydrogens is 336 g/mol. The molecule has 152 valence electrons. The second kappa shape index (κ2) is 14.8. The van der Waals surface area contributed by atoms with E-state index in [1.54, 1.807) is 0 Å². The van der Waals surface area contributed by atoms with Gasteiger partial charge in [0.1, 0.15) is 17.6 Å². The summed E-state index contributed by atoms with van der Waals surface area (Å²) in [5.74, 6) is 0.149. The number of nitrogens with zero attached hydrogens (tertiary/aromatic N) is 1. The van der Waals surface area contributed by atoms with Crippen molar-refractivity contribution >= 4 is 17.5 Å². The third kappa shape index (κ3) is 13.0. The van der Waals surface area contributed by atoms with Gasteiger partial charge in [-0.1, -0.05) is 33.1 Å². The molecule has 0 radical (unpaired) electrons. The molecule has 0 aromatic heterocycles. The third-order valence-electron chi connectivity index (χ3n) is 4.27. The number of hydrogen-bond donors (Lipinski definition) is 3. The minimum Gasteiger partial charge on any atom is -0.394 e. The average Bonchev–Trinajstić information content (AvgIpc) is 2.60. The Morgan fingerprint density at radius 2 is 1.38 bits per heavy atom. The van der Waals surface area contributed by atoms with Gasteiger partial charge in [0.05, 0.1) is 13.2 Å². The Kier molecular flexibility index (Phi) is 14.1. The molecule has 0 aromatic rings. The number of carbonyl (C=O) groups excluding carboxylic acids is 3. The van der Waals surface area contributed by atoms with Crippen LogP contribution in [0.3, 0.4) is 0 Å². The lowest BCUT2D eigenvalue weighted by Gasteiger charge is -2.17. The molecule has 1 atom stereocenters. The maximum absolute atomic E-state index is 11.7. The third-order valence-corrected chi connectivity index (χ3v) is 4.27. The Balaban J connectivity index is 3.62. The van der Waals surface area contributed by atoms with E-state index in [0.29, 0.717) is 36.0 Å². The summed E-state index contributed by atoms with van der Waals surface area (Å²) < 4.78 is 0. The second-order valence-corrected chi connectivity index (χ2v) is 7.28. The number of carbonyl (C=O) groups is 3. The Bertz CT molecular complexity index is 426. The molecule has 0 aliphatic rings. The molecule has 1 amide bonds. The van der Waals surface area contributed by atoms with E-state index in [4.69, 9.17) is 10.8 Å². The predicted molar refractivity (Wildman–Crippen MR) is 99.6 cm³/mol. The fourth-order valence-electron chi connectivity index (χ4n) is 2.57. The van der Waals surface area contributed by atoms with E-state index in [9.17, 15) is 19.6 Å². The molecule has 0 saturated carbocycles. The van der Waals surface area contributed by atoms with Gasteiger partial charge in [-0.05, 0) is 25.2 Å². The van der Waals surface area contributed by atoms with Crippen LogP contribution in [0.1, 0.15) is 78.1 Å². The van der Waals surface area contributed by atoms with Crippen LogP contribution in [0, 0.1) is 5.92 Å². The lowest BCUT2D eigenvalue weighted by molar-refractivity contribution is -0.168. The van der Waals surface area contributed by atoms with E-state index in [2.05, 4.69) is 13.8 Å². The van der Waals surface area contributed by atoms with Gasteiger partial charge < -0.3 is 10.8 Å². The van der Waals surface area contributed by atoms with Crippen LogP contribution in [0.4, 0.5) is 0 Å². The number of amides is 1. The number of unbranched alkanes of at least 4 members (excludes halogenated alkanes) is 3. The number of hydrogen-bond acceptors (Lipinski definition) is 6. The van der Waals surface area contributed by atoms with E-state index >= 15 is 0 Å². The molecular formula is C19H36N2O5. The molecule has 26 heavy (non-hydrogen) atoms. The van der Waals surface area contributed by atoms with Gasteiger partial charge in [-0.15, -0.1) is 0 Å². The van der Waals surface area contributed by atoms with E-state index in [1.165, 1.54) is 0 Å². The maximum Gasteiger partial charge on any atom is 0.265 e. The van der Waals surface area contributed by atoms with Crippen LogP contribution in [0.5, 0.6) is 0 Å². The smallest absolute Gasteiger partial charge is 0.265 e. The van der Waals surface area contributed by atoms with Crippen molar-refractivity contribution < 1.29 is 24.7 Å². The van der Waals surface area contributed by atoms with Gasteiger partial charge >= 0.3 is 0 Å². The van der Waals surface area contributed by atoms with Gasteiger partial charge in [-0.25, -0.2) is 5.06 Å². The van der Waals surface area contributed by atoms with Crippen molar-refractivity contribution in [2.75, 3.05) is 13.2 Å². The lowest BCUT2D eigenvalue weighted by atomic mass is 10.0. The number of nitrogens with two attached hydrogens (primary N) is 1. The van der Waals surface area contributed by atoms with Gasteiger partial charge in [0.25, 0.3) is 5.91 Å². The van der Waals surface area contributed by atoms with Crippen LogP contribution >= 0.6 is 0 Å². The number of aliphatic hydroxyl groups excluding tert-OH is 1. The molecule has 0 rings (SSSR count). The SMILES string of the molecule is CC(C)CCCC(=O)CCCCCCC(=O)CCN(O)C(=O)[C@H](N)CO. The Hall–Kier alpha value is -1.31. The van der Waals surface area contributed by atoms with Crippen LogP contribution in [-0.2, 0) is 14.4 Å². The molecule has 0 heterocycles. The lowest BCUT2D eigenvalue weighted by Crippen LogP contribution is -2.44. The molecule has 0 bridgehead atoms. The summed E-state index contributed by atoms with van der Waals surface area (Å²) in [4.78, 5) is 34.9. The van der Waals surface area contributed by atoms with Crippen LogP contribution < -0.4 is 5.73 Å². The van der Waals surface area contributed by atoms with Crippen molar-refractivity contribution in [3.05, 3.63) is 0 Å². The first-order chi connectivity index (χ1) is 12.3. The molecule has 0 aliphatic heterocycles. The van der Waals surface area contributed by atoms with Crippen LogP contribution in [0.15, 0.2) is 0 Å². The molecule has 0 aromatic carbocycles. The van der Waals surface area contributed by atoms with Crippen molar-refractivity contribution in [1.82, 2.24) is 5.06 Å². The first-order valence-electron chi connectivity index (χ1n) is 9.68. The zero-order valence-corrected chi connectivity index (χ0v) is 16.3.